The highest BCUT2D eigenvalue weighted by Crippen LogP contribution is 1.95. The maximum absolute atomic E-state index is 11.1. The number of hydrogen-bond donors (Lipinski definition) is 1. The van der Waals surface area contributed by atoms with Crippen LogP contribution in [0, 0.1) is 5.92 Å². The number of alkyl halides is 1. The van der Waals surface area contributed by atoms with E-state index >= 15 is 0 Å². The quantitative estimate of drug-likeness (QED) is 0.459. The minimum absolute atomic E-state index is 0.0280. The molecule has 0 atom stereocenters. The number of amides is 1. The molecule has 0 heterocycles. The third-order valence-corrected chi connectivity index (χ3v) is 2.46. The van der Waals surface area contributed by atoms with E-state index in [1.807, 2.05) is 13.8 Å². The van der Waals surface area contributed by atoms with Gasteiger partial charge in [0.1, 0.15) is 5.78 Å². The lowest BCUT2D eigenvalue weighted by Crippen LogP contribution is -2.28. The number of ketones is 1. The summed E-state index contributed by atoms with van der Waals surface area (Å²) in [6, 6.07) is 0. The Labute approximate surface area is 92.8 Å². The van der Waals surface area contributed by atoms with E-state index in [1.165, 1.54) is 0 Å². The molecule has 0 aliphatic heterocycles. The number of nitrogens with one attached hydrogen (secondary N) is 1. The van der Waals surface area contributed by atoms with Crippen LogP contribution in [0.4, 0.5) is 0 Å². The molecular weight excluding hydrogens is 281 g/mol. The molecule has 0 saturated carbocycles. The van der Waals surface area contributed by atoms with E-state index in [0.717, 1.165) is 6.42 Å². The average Bonchev–Trinajstić information content (AvgIpc) is 2.11. The van der Waals surface area contributed by atoms with Gasteiger partial charge in [0.2, 0.25) is 5.91 Å². The lowest BCUT2D eigenvalue weighted by molar-refractivity contribution is -0.124. The predicted octanol–water partition coefficient (Wildman–Crippen LogP) is 1.54. The number of halogens is 1. The molecule has 0 bridgehead atoms. The van der Waals surface area contributed by atoms with Crippen LogP contribution >= 0.6 is 22.6 Å². The molecule has 3 nitrogen and oxygen atoms in total. The molecule has 0 aliphatic rings. The van der Waals surface area contributed by atoms with Gasteiger partial charge in [-0.15, -0.1) is 0 Å². The van der Waals surface area contributed by atoms with Crippen LogP contribution in [0.2, 0.25) is 0 Å². The van der Waals surface area contributed by atoms with Gasteiger partial charge in [0.25, 0.3) is 0 Å². The molecule has 76 valence electrons. The van der Waals surface area contributed by atoms with Crippen molar-refractivity contribution in [2.75, 3.05) is 11.0 Å². The Morgan fingerprint density at radius 3 is 2.46 bits per heavy atom. The largest absolute Gasteiger partial charge is 0.356 e. The lowest BCUT2D eigenvalue weighted by atomic mass is 10.2. The van der Waals surface area contributed by atoms with Crippen molar-refractivity contribution in [1.29, 1.82) is 0 Å². The van der Waals surface area contributed by atoms with E-state index in [4.69, 9.17) is 0 Å². The zero-order valence-corrected chi connectivity index (χ0v) is 10.3. The molecule has 0 rings (SSSR count). The fourth-order valence-electron chi connectivity index (χ4n) is 0.768. The maximum Gasteiger partial charge on any atom is 0.222 e. The van der Waals surface area contributed by atoms with Gasteiger partial charge in [0.05, 0.1) is 4.43 Å². The van der Waals surface area contributed by atoms with E-state index in [2.05, 4.69) is 27.9 Å². The molecule has 4 heteroatoms. The first-order chi connectivity index (χ1) is 6.07. The molecule has 1 N–H and O–H groups in total. The van der Waals surface area contributed by atoms with E-state index < -0.39 is 0 Å². The fraction of sp³-hybridized carbons (Fsp3) is 0.778. The van der Waals surface area contributed by atoms with Crippen LogP contribution in [0.5, 0.6) is 0 Å². The summed E-state index contributed by atoms with van der Waals surface area (Å²) in [6.07, 6.45) is 1.32. The minimum Gasteiger partial charge on any atom is -0.356 e. The molecule has 13 heavy (non-hydrogen) atoms. The topological polar surface area (TPSA) is 46.2 Å². The normalized spacial score (nSPS) is 10.2. The number of rotatable bonds is 6. The highest BCUT2D eigenvalue weighted by atomic mass is 127. The first kappa shape index (κ1) is 12.9. The van der Waals surface area contributed by atoms with E-state index in [1.54, 1.807) is 0 Å². The molecule has 0 fully saturated rings. The second-order valence-corrected chi connectivity index (χ2v) is 3.98. The Kier molecular flexibility index (Phi) is 7.22. The van der Waals surface area contributed by atoms with Crippen LogP contribution in [0.15, 0.2) is 0 Å². The zero-order chi connectivity index (χ0) is 10.3. The summed E-state index contributed by atoms with van der Waals surface area (Å²) < 4.78 is 0.565. The first-order valence-electron chi connectivity index (χ1n) is 4.43. The highest BCUT2D eigenvalue weighted by Gasteiger charge is 2.05. The summed E-state index contributed by atoms with van der Waals surface area (Å²) in [5.74, 6) is 0.335. The number of carbonyl (C=O) groups excluding carboxylic acids is 2. The molecule has 0 aromatic heterocycles. The number of carbonyl (C=O) groups is 2. The monoisotopic (exact) mass is 297 g/mol. The predicted molar refractivity (Wildman–Crippen MR) is 61.0 cm³/mol. The van der Waals surface area contributed by atoms with Gasteiger partial charge in [0, 0.05) is 18.9 Å². The van der Waals surface area contributed by atoms with Crippen LogP contribution in [0.3, 0.4) is 0 Å². The molecular formula is C9H16INO2. The van der Waals surface area contributed by atoms with Gasteiger partial charge in [-0.3, -0.25) is 9.59 Å². The maximum atomic E-state index is 11.1. The molecule has 1 amide bonds. The molecule has 0 aromatic carbocycles. The third kappa shape index (κ3) is 6.98. The van der Waals surface area contributed by atoms with Crippen molar-refractivity contribution in [3.8, 4) is 0 Å². The molecule has 0 aliphatic carbocycles. The van der Waals surface area contributed by atoms with Gasteiger partial charge in [-0.25, -0.2) is 0 Å². The zero-order valence-electron chi connectivity index (χ0n) is 8.10. The van der Waals surface area contributed by atoms with Crippen LogP contribution in [-0.4, -0.2) is 22.7 Å². The summed E-state index contributed by atoms with van der Waals surface area (Å²) in [5, 5.41) is 2.77. The van der Waals surface area contributed by atoms with Crippen molar-refractivity contribution in [3.05, 3.63) is 0 Å². The molecule has 0 spiro atoms. The van der Waals surface area contributed by atoms with E-state index in [9.17, 15) is 9.59 Å². The highest BCUT2D eigenvalue weighted by molar-refractivity contribution is 14.1. The van der Waals surface area contributed by atoms with Crippen molar-refractivity contribution >= 4 is 34.3 Å². The van der Waals surface area contributed by atoms with Crippen molar-refractivity contribution in [2.24, 2.45) is 5.92 Å². The fourth-order valence-corrected chi connectivity index (χ4v) is 1.15. The number of hydrogen-bond acceptors (Lipinski definition) is 2. The molecule has 0 radical (unpaired) electrons. The molecule has 0 unspecified atom stereocenters. The summed E-state index contributed by atoms with van der Waals surface area (Å²) in [7, 11) is 0. The van der Waals surface area contributed by atoms with Crippen LogP contribution < -0.4 is 5.32 Å². The Morgan fingerprint density at radius 1 is 1.38 bits per heavy atom. The van der Waals surface area contributed by atoms with Crippen molar-refractivity contribution in [2.45, 2.75) is 26.7 Å². The Bertz CT molecular complexity index is 180. The standard InChI is InChI=1S/C9H16INO2/c1-7(2)9(13)11-5-3-4-8(12)6-10/h7H,3-6H2,1-2H3,(H,11,13). The first-order valence-corrected chi connectivity index (χ1v) is 5.96. The van der Waals surface area contributed by atoms with Gasteiger partial charge >= 0.3 is 0 Å². The van der Waals surface area contributed by atoms with Crippen molar-refractivity contribution in [1.82, 2.24) is 5.32 Å². The smallest absolute Gasteiger partial charge is 0.222 e. The minimum atomic E-state index is 0.0280. The second kappa shape index (κ2) is 7.29. The van der Waals surface area contributed by atoms with Crippen molar-refractivity contribution in [3.63, 3.8) is 0 Å². The number of Topliss-reactive ketones (excluding diaryl/α,β-unsaturated/α-hetero) is 1. The van der Waals surface area contributed by atoms with E-state index in [0.29, 0.717) is 17.4 Å². The summed E-state index contributed by atoms with van der Waals surface area (Å²) in [6.45, 7) is 4.32. The van der Waals surface area contributed by atoms with Gasteiger partial charge in [-0.05, 0) is 6.42 Å². The lowest BCUT2D eigenvalue weighted by Gasteiger charge is -2.06. The average molecular weight is 297 g/mol. The Hall–Kier alpha value is -0.130. The van der Waals surface area contributed by atoms with Crippen LogP contribution in [0.25, 0.3) is 0 Å². The second-order valence-electron chi connectivity index (χ2n) is 3.22. The van der Waals surface area contributed by atoms with Crippen molar-refractivity contribution < 1.29 is 9.59 Å². The SMILES string of the molecule is CC(C)C(=O)NCCCC(=O)CI. The van der Waals surface area contributed by atoms with Gasteiger partial charge < -0.3 is 5.32 Å². The van der Waals surface area contributed by atoms with Gasteiger partial charge in [0.15, 0.2) is 0 Å². The van der Waals surface area contributed by atoms with Crippen LogP contribution in [-0.2, 0) is 9.59 Å². The Morgan fingerprint density at radius 2 is 2.00 bits per heavy atom. The van der Waals surface area contributed by atoms with E-state index in [-0.39, 0.29) is 17.6 Å². The summed E-state index contributed by atoms with van der Waals surface area (Å²) >= 11 is 2.05. The van der Waals surface area contributed by atoms with Gasteiger partial charge in [-0.2, -0.15) is 0 Å². The van der Waals surface area contributed by atoms with Crippen LogP contribution in [0.1, 0.15) is 26.7 Å². The van der Waals surface area contributed by atoms with Gasteiger partial charge in [-0.1, -0.05) is 36.4 Å². The Balaban J connectivity index is 3.36. The third-order valence-electron chi connectivity index (χ3n) is 1.61. The molecule has 0 aromatic rings. The summed E-state index contributed by atoms with van der Waals surface area (Å²) in [5.41, 5.74) is 0. The molecule has 0 saturated heterocycles. The summed E-state index contributed by atoms with van der Waals surface area (Å²) in [4.78, 5) is 21.9.